The summed E-state index contributed by atoms with van der Waals surface area (Å²) >= 11 is 0. The smallest absolute Gasteiger partial charge is 0.319 e. The topological polar surface area (TPSA) is 41.1 Å². The van der Waals surface area contributed by atoms with Gasteiger partial charge in [0.25, 0.3) is 0 Å². The van der Waals surface area contributed by atoms with Crippen LogP contribution in [0, 0.1) is 5.82 Å². The van der Waals surface area contributed by atoms with Crippen LogP contribution in [0.5, 0.6) is 0 Å². The van der Waals surface area contributed by atoms with Gasteiger partial charge in [-0.1, -0.05) is 12.8 Å². The third-order valence-electron chi connectivity index (χ3n) is 2.79. The van der Waals surface area contributed by atoms with E-state index in [1.807, 2.05) is 0 Å². The summed E-state index contributed by atoms with van der Waals surface area (Å²) in [5.41, 5.74) is 0.608. The second kappa shape index (κ2) is 4.96. The van der Waals surface area contributed by atoms with Crippen molar-refractivity contribution in [1.82, 2.24) is 5.32 Å². The van der Waals surface area contributed by atoms with Crippen molar-refractivity contribution in [3.05, 3.63) is 30.1 Å². The highest BCUT2D eigenvalue weighted by atomic mass is 19.1. The predicted molar refractivity (Wildman–Crippen MR) is 60.8 cm³/mol. The first-order valence-electron chi connectivity index (χ1n) is 5.57. The largest absolute Gasteiger partial charge is 0.335 e. The Morgan fingerprint density at radius 1 is 1.19 bits per heavy atom. The first-order chi connectivity index (χ1) is 7.74. The van der Waals surface area contributed by atoms with Crippen molar-refractivity contribution in [2.45, 2.75) is 31.7 Å². The van der Waals surface area contributed by atoms with Crippen LogP contribution in [0.1, 0.15) is 25.7 Å². The lowest BCUT2D eigenvalue weighted by Crippen LogP contribution is -2.36. The van der Waals surface area contributed by atoms with Gasteiger partial charge < -0.3 is 10.6 Å². The zero-order chi connectivity index (χ0) is 11.4. The molecule has 4 heteroatoms. The summed E-state index contributed by atoms with van der Waals surface area (Å²) in [5, 5.41) is 5.58. The normalized spacial score (nSPS) is 16.1. The molecule has 0 bridgehead atoms. The Labute approximate surface area is 94.0 Å². The van der Waals surface area contributed by atoms with Gasteiger partial charge in [-0.15, -0.1) is 0 Å². The van der Waals surface area contributed by atoms with Gasteiger partial charge in [0.15, 0.2) is 0 Å². The third kappa shape index (κ3) is 2.95. The average Bonchev–Trinajstić information content (AvgIpc) is 2.74. The Kier molecular flexibility index (Phi) is 3.39. The Bertz CT molecular complexity index is 358. The van der Waals surface area contributed by atoms with Crippen molar-refractivity contribution in [2.24, 2.45) is 0 Å². The third-order valence-corrected chi connectivity index (χ3v) is 2.79. The van der Waals surface area contributed by atoms with E-state index in [2.05, 4.69) is 10.6 Å². The second-order valence-electron chi connectivity index (χ2n) is 4.09. The maximum atomic E-state index is 12.6. The molecule has 1 aromatic rings. The summed E-state index contributed by atoms with van der Waals surface area (Å²) in [6.07, 6.45) is 4.47. The van der Waals surface area contributed by atoms with E-state index in [-0.39, 0.29) is 11.8 Å². The van der Waals surface area contributed by atoms with Crippen molar-refractivity contribution in [2.75, 3.05) is 5.32 Å². The van der Waals surface area contributed by atoms with E-state index in [0.29, 0.717) is 11.7 Å². The van der Waals surface area contributed by atoms with Gasteiger partial charge in [-0.05, 0) is 37.1 Å². The van der Waals surface area contributed by atoms with Crippen molar-refractivity contribution in [3.63, 3.8) is 0 Å². The molecule has 1 fully saturated rings. The van der Waals surface area contributed by atoms with E-state index in [1.165, 1.54) is 25.0 Å². The average molecular weight is 222 g/mol. The monoisotopic (exact) mass is 222 g/mol. The van der Waals surface area contributed by atoms with Crippen LogP contribution < -0.4 is 10.6 Å². The molecular weight excluding hydrogens is 207 g/mol. The standard InChI is InChI=1S/C12H15FN2O/c13-9-5-7-11(8-6-9)15-12(16)14-10-3-1-2-4-10/h5-8,10H,1-4H2,(H2,14,15,16). The van der Waals surface area contributed by atoms with Gasteiger partial charge in [0.05, 0.1) is 0 Å². The molecule has 0 heterocycles. The first kappa shape index (κ1) is 10.9. The summed E-state index contributed by atoms with van der Waals surface area (Å²) in [6, 6.07) is 5.82. The van der Waals surface area contributed by atoms with Crippen LogP contribution in [0.25, 0.3) is 0 Å². The number of nitrogens with one attached hydrogen (secondary N) is 2. The molecule has 2 rings (SSSR count). The SMILES string of the molecule is O=C(Nc1ccc(F)cc1)NC1CCCC1. The minimum absolute atomic E-state index is 0.210. The Morgan fingerprint density at radius 2 is 1.81 bits per heavy atom. The van der Waals surface area contributed by atoms with E-state index in [9.17, 15) is 9.18 Å². The molecule has 1 saturated carbocycles. The number of halogens is 1. The van der Waals surface area contributed by atoms with Crippen LogP contribution in [-0.4, -0.2) is 12.1 Å². The van der Waals surface area contributed by atoms with E-state index in [4.69, 9.17) is 0 Å². The molecule has 1 aliphatic rings. The van der Waals surface area contributed by atoms with Crippen molar-refractivity contribution >= 4 is 11.7 Å². The van der Waals surface area contributed by atoms with Gasteiger partial charge in [0.2, 0.25) is 0 Å². The molecule has 0 saturated heterocycles. The van der Waals surface area contributed by atoms with E-state index in [0.717, 1.165) is 12.8 Å². The van der Waals surface area contributed by atoms with Gasteiger partial charge >= 0.3 is 6.03 Å². The minimum atomic E-state index is -0.304. The van der Waals surface area contributed by atoms with Crippen molar-refractivity contribution < 1.29 is 9.18 Å². The summed E-state index contributed by atoms with van der Waals surface area (Å²) in [5.74, 6) is -0.304. The fourth-order valence-electron chi connectivity index (χ4n) is 1.96. The highest BCUT2D eigenvalue weighted by Crippen LogP contribution is 2.17. The molecule has 2 N–H and O–H groups in total. The molecule has 86 valence electrons. The van der Waals surface area contributed by atoms with E-state index in [1.54, 1.807) is 12.1 Å². The summed E-state index contributed by atoms with van der Waals surface area (Å²) < 4.78 is 12.6. The van der Waals surface area contributed by atoms with Crippen LogP contribution in [0.4, 0.5) is 14.9 Å². The summed E-state index contributed by atoms with van der Waals surface area (Å²) in [6.45, 7) is 0. The predicted octanol–water partition coefficient (Wildman–Crippen LogP) is 2.89. The quantitative estimate of drug-likeness (QED) is 0.793. The molecule has 0 unspecified atom stereocenters. The lowest BCUT2D eigenvalue weighted by molar-refractivity contribution is 0.248. The van der Waals surface area contributed by atoms with Crippen LogP contribution >= 0.6 is 0 Å². The number of anilines is 1. The number of amides is 2. The highest BCUT2D eigenvalue weighted by molar-refractivity contribution is 5.89. The maximum Gasteiger partial charge on any atom is 0.319 e. The Balaban J connectivity index is 1.84. The van der Waals surface area contributed by atoms with E-state index >= 15 is 0 Å². The van der Waals surface area contributed by atoms with Gasteiger partial charge in [0, 0.05) is 11.7 Å². The molecule has 16 heavy (non-hydrogen) atoms. The van der Waals surface area contributed by atoms with Gasteiger partial charge in [-0.2, -0.15) is 0 Å². The molecule has 2 amide bonds. The van der Waals surface area contributed by atoms with Gasteiger partial charge in [-0.3, -0.25) is 0 Å². The summed E-state index contributed by atoms with van der Waals surface area (Å²) in [4.78, 5) is 11.5. The van der Waals surface area contributed by atoms with Gasteiger partial charge in [-0.25, -0.2) is 9.18 Å². The number of rotatable bonds is 2. The van der Waals surface area contributed by atoms with Crippen LogP contribution in [0.3, 0.4) is 0 Å². The molecular formula is C12H15FN2O. The van der Waals surface area contributed by atoms with Crippen LogP contribution in [0.15, 0.2) is 24.3 Å². The lowest BCUT2D eigenvalue weighted by Gasteiger charge is -2.12. The van der Waals surface area contributed by atoms with E-state index < -0.39 is 0 Å². The molecule has 0 atom stereocenters. The highest BCUT2D eigenvalue weighted by Gasteiger charge is 2.16. The zero-order valence-electron chi connectivity index (χ0n) is 9.00. The van der Waals surface area contributed by atoms with Gasteiger partial charge in [0.1, 0.15) is 5.82 Å². The number of hydrogen-bond donors (Lipinski definition) is 2. The second-order valence-corrected chi connectivity index (χ2v) is 4.09. The number of hydrogen-bond acceptors (Lipinski definition) is 1. The lowest BCUT2D eigenvalue weighted by atomic mass is 10.2. The number of carbonyl (C=O) groups excluding carboxylic acids is 1. The van der Waals surface area contributed by atoms with Crippen molar-refractivity contribution in [3.8, 4) is 0 Å². The molecule has 1 aliphatic carbocycles. The molecule has 0 radical (unpaired) electrons. The van der Waals surface area contributed by atoms with Crippen LogP contribution in [0.2, 0.25) is 0 Å². The van der Waals surface area contributed by atoms with Crippen LogP contribution in [-0.2, 0) is 0 Å². The zero-order valence-corrected chi connectivity index (χ0v) is 9.00. The fraction of sp³-hybridized carbons (Fsp3) is 0.417. The van der Waals surface area contributed by atoms with Crippen molar-refractivity contribution in [1.29, 1.82) is 0 Å². The summed E-state index contributed by atoms with van der Waals surface area (Å²) in [7, 11) is 0. The fourth-order valence-corrected chi connectivity index (χ4v) is 1.96. The Hall–Kier alpha value is -1.58. The number of carbonyl (C=O) groups is 1. The minimum Gasteiger partial charge on any atom is -0.335 e. The molecule has 3 nitrogen and oxygen atoms in total. The molecule has 0 spiro atoms. The molecule has 0 aliphatic heterocycles. The molecule has 1 aromatic carbocycles. The number of urea groups is 1. The maximum absolute atomic E-state index is 12.6. The number of benzene rings is 1. The Morgan fingerprint density at radius 3 is 2.44 bits per heavy atom. The molecule has 0 aromatic heterocycles. The first-order valence-corrected chi connectivity index (χ1v) is 5.57.